The Hall–Kier alpha value is -1.21. The van der Waals surface area contributed by atoms with Gasteiger partial charge >= 0.3 is 0 Å². The van der Waals surface area contributed by atoms with Crippen LogP contribution in [-0.2, 0) is 14.7 Å². The molecule has 20 heavy (non-hydrogen) atoms. The highest BCUT2D eigenvalue weighted by Gasteiger charge is 2.44. The van der Waals surface area contributed by atoms with Crippen LogP contribution in [-0.4, -0.2) is 32.4 Å². The van der Waals surface area contributed by atoms with Crippen molar-refractivity contribution in [1.82, 2.24) is 5.06 Å². The Morgan fingerprint density at radius 1 is 1.20 bits per heavy atom. The van der Waals surface area contributed by atoms with Crippen LogP contribution in [0.4, 0.5) is 0 Å². The average Bonchev–Trinajstić information content (AvgIpc) is 3.08. The van der Waals surface area contributed by atoms with Crippen molar-refractivity contribution in [3.05, 3.63) is 52.7 Å². The molecule has 0 saturated carbocycles. The molecule has 0 N–H and O–H groups in total. The molecule has 1 saturated heterocycles. The van der Waals surface area contributed by atoms with Crippen molar-refractivity contribution in [2.75, 3.05) is 13.7 Å². The molecule has 1 aromatic carbocycles. The van der Waals surface area contributed by atoms with E-state index < -0.39 is 15.1 Å². The van der Waals surface area contributed by atoms with Crippen LogP contribution < -0.4 is 0 Å². The lowest BCUT2D eigenvalue weighted by Crippen LogP contribution is -2.30. The van der Waals surface area contributed by atoms with Crippen LogP contribution in [0.3, 0.4) is 0 Å². The fraction of sp³-hybridized carbons (Fsp3) is 0.286. The molecule has 3 rings (SSSR count). The molecule has 4 nitrogen and oxygen atoms in total. The highest BCUT2D eigenvalue weighted by Crippen LogP contribution is 2.37. The highest BCUT2D eigenvalue weighted by molar-refractivity contribution is 7.92. The minimum Gasteiger partial charge on any atom is -0.297 e. The first-order valence-electron chi connectivity index (χ1n) is 6.29. The third-order valence-corrected chi connectivity index (χ3v) is 6.55. The molecule has 2 heterocycles. The number of hydrogen-bond donors (Lipinski definition) is 0. The van der Waals surface area contributed by atoms with E-state index in [0.29, 0.717) is 4.90 Å². The largest absolute Gasteiger partial charge is 0.297 e. The smallest absolute Gasteiger partial charge is 0.185 e. The van der Waals surface area contributed by atoms with Crippen LogP contribution in [0.5, 0.6) is 0 Å². The molecule has 1 aliphatic rings. The van der Waals surface area contributed by atoms with Crippen LogP contribution in [0.15, 0.2) is 52.7 Å². The van der Waals surface area contributed by atoms with Crippen LogP contribution in [0.2, 0.25) is 0 Å². The Labute approximate surface area is 122 Å². The van der Waals surface area contributed by atoms with Gasteiger partial charge in [-0.05, 0) is 23.6 Å². The molecular weight excluding hydrogens is 294 g/mol. The summed E-state index contributed by atoms with van der Waals surface area (Å²) in [6, 6.07) is 12.2. The molecule has 1 fully saturated rings. The van der Waals surface area contributed by atoms with E-state index in [-0.39, 0.29) is 12.6 Å². The van der Waals surface area contributed by atoms with Gasteiger partial charge in [-0.1, -0.05) is 24.3 Å². The van der Waals surface area contributed by atoms with Crippen molar-refractivity contribution in [3.8, 4) is 0 Å². The summed E-state index contributed by atoms with van der Waals surface area (Å²) in [6.45, 7) is 0.191. The summed E-state index contributed by atoms with van der Waals surface area (Å²) in [6.07, 6.45) is 0. The average molecular weight is 309 g/mol. The molecule has 0 amide bonds. The zero-order valence-electron chi connectivity index (χ0n) is 11.0. The van der Waals surface area contributed by atoms with Gasteiger partial charge in [0.15, 0.2) is 9.84 Å². The minimum atomic E-state index is -3.41. The van der Waals surface area contributed by atoms with Crippen molar-refractivity contribution >= 4 is 21.2 Å². The van der Waals surface area contributed by atoms with Crippen LogP contribution in [0.25, 0.3) is 0 Å². The van der Waals surface area contributed by atoms with Crippen molar-refractivity contribution in [2.24, 2.45) is 0 Å². The first-order chi connectivity index (χ1) is 9.60. The van der Waals surface area contributed by atoms with Gasteiger partial charge in [0.25, 0.3) is 0 Å². The normalized spacial score (nSPS) is 24.1. The van der Waals surface area contributed by atoms with Crippen molar-refractivity contribution in [2.45, 2.75) is 16.2 Å². The van der Waals surface area contributed by atoms with Gasteiger partial charge in [0.05, 0.1) is 17.5 Å². The SMILES string of the molecule is CN1OC[C@@H](S(=O)(=O)c2ccccc2)[C@@H]1c1cccs1. The highest BCUT2D eigenvalue weighted by atomic mass is 32.2. The number of benzene rings is 1. The summed E-state index contributed by atoms with van der Waals surface area (Å²) in [4.78, 5) is 6.83. The van der Waals surface area contributed by atoms with E-state index >= 15 is 0 Å². The molecule has 2 aromatic rings. The second kappa shape index (κ2) is 5.29. The van der Waals surface area contributed by atoms with Crippen LogP contribution in [0.1, 0.15) is 10.9 Å². The maximum Gasteiger partial charge on any atom is 0.185 e. The van der Waals surface area contributed by atoms with E-state index in [1.54, 1.807) is 47.7 Å². The summed E-state index contributed by atoms with van der Waals surface area (Å²) in [7, 11) is -1.62. The first-order valence-corrected chi connectivity index (χ1v) is 8.71. The van der Waals surface area contributed by atoms with E-state index in [9.17, 15) is 8.42 Å². The van der Waals surface area contributed by atoms with E-state index in [1.807, 2.05) is 23.6 Å². The second-order valence-electron chi connectivity index (χ2n) is 4.70. The Bertz CT molecular complexity index is 668. The lowest BCUT2D eigenvalue weighted by atomic mass is 10.2. The standard InChI is InChI=1S/C14H15NO3S2/c1-15-14(12-8-5-9-19-12)13(10-18-15)20(16,17)11-6-3-2-4-7-11/h2-9,13-14H,10H2,1H3/t13-,14+/m1/s1. The lowest BCUT2D eigenvalue weighted by Gasteiger charge is -2.21. The fourth-order valence-corrected chi connectivity index (χ4v) is 5.26. The quantitative estimate of drug-likeness (QED) is 0.874. The predicted octanol–water partition coefficient (Wildman–Crippen LogP) is 2.51. The molecule has 0 radical (unpaired) electrons. The Balaban J connectivity index is 2.01. The Kier molecular flexibility index (Phi) is 3.64. The summed E-state index contributed by atoms with van der Waals surface area (Å²) in [5, 5.41) is 3.03. The summed E-state index contributed by atoms with van der Waals surface area (Å²) < 4.78 is 25.6. The van der Waals surface area contributed by atoms with E-state index in [2.05, 4.69) is 0 Å². The van der Waals surface area contributed by atoms with Gasteiger partial charge in [0.2, 0.25) is 0 Å². The molecule has 0 unspecified atom stereocenters. The fourth-order valence-electron chi connectivity index (χ4n) is 2.46. The third-order valence-electron chi connectivity index (χ3n) is 3.49. The second-order valence-corrected chi connectivity index (χ2v) is 7.84. The van der Waals surface area contributed by atoms with Gasteiger partial charge in [-0.3, -0.25) is 4.84 Å². The zero-order valence-corrected chi connectivity index (χ0v) is 12.6. The Morgan fingerprint density at radius 3 is 2.60 bits per heavy atom. The molecule has 1 aliphatic heterocycles. The maximum absolute atomic E-state index is 12.8. The summed E-state index contributed by atoms with van der Waals surface area (Å²) >= 11 is 1.55. The maximum atomic E-state index is 12.8. The predicted molar refractivity (Wildman–Crippen MR) is 78.2 cm³/mol. The van der Waals surface area contributed by atoms with Gasteiger partial charge in [-0.2, -0.15) is 5.06 Å². The van der Waals surface area contributed by atoms with Gasteiger partial charge in [0, 0.05) is 11.9 Å². The topological polar surface area (TPSA) is 46.6 Å². The van der Waals surface area contributed by atoms with Crippen molar-refractivity contribution in [3.63, 3.8) is 0 Å². The number of thiophene rings is 1. The molecule has 1 aromatic heterocycles. The molecule has 0 spiro atoms. The Morgan fingerprint density at radius 2 is 1.95 bits per heavy atom. The van der Waals surface area contributed by atoms with Gasteiger partial charge in [-0.25, -0.2) is 8.42 Å². The number of rotatable bonds is 3. The van der Waals surface area contributed by atoms with Crippen LogP contribution in [0, 0.1) is 0 Å². The number of sulfone groups is 1. The summed E-state index contributed by atoms with van der Waals surface area (Å²) in [5.74, 6) is 0. The molecule has 6 heteroatoms. The number of nitrogens with zero attached hydrogens (tertiary/aromatic N) is 1. The summed E-state index contributed by atoms with van der Waals surface area (Å²) in [5.41, 5.74) is 0. The minimum absolute atomic E-state index is 0.191. The third kappa shape index (κ3) is 2.29. The van der Waals surface area contributed by atoms with Gasteiger partial charge < -0.3 is 0 Å². The van der Waals surface area contributed by atoms with Gasteiger partial charge in [-0.15, -0.1) is 11.3 Å². The van der Waals surface area contributed by atoms with Crippen LogP contribution >= 0.6 is 11.3 Å². The molecule has 106 valence electrons. The number of hydrogen-bond acceptors (Lipinski definition) is 5. The lowest BCUT2D eigenvalue weighted by molar-refractivity contribution is -0.110. The van der Waals surface area contributed by atoms with E-state index in [1.165, 1.54) is 0 Å². The molecule has 0 aliphatic carbocycles. The van der Waals surface area contributed by atoms with Gasteiger partial charge in [0.1, 0.15) is 5.25 Å². The number of hydroxylamine groups is 2. The molecular formula is C14H15NO3S2. The molecule has 2 atom stereocenters. The van der Waals surface area contributed by atoms with E-state index in [4.69, 9.17) is 4.84 Å². The van der Waals surface area contributed by atoms with E-state index in [0.717, 1.165) is 4.88 Å². The first kappa shape index (κ1) is 13.8. The molecule has 0 bridgehead atoms. The monoisotopic (exact) mass is 309 g/mol. The zero-order chi connectivity index (χ0) is 14.2. The van der Waals surface area contributed by atoms with Crippen molar-refractivity contribution < 1.29 is 13.3 Å². The van der Waals surface area contributed by atoms with Crippen molar-refractivity contribution in [1.29, 1.82) is 0 Å².